The summed E-state index contributed by atoms with van der Waals surface area (Å²) in [5.74, 6) is 0.488. The largest absolute Gasteiger partial charge is 0.493 e. The number of sulfonamides is 1. The highest BCUT2D eigenvalue weighted by Gasteiger charge is 2.51. The second-order valence-electron chi connectivity index (χ2n) is 6.74. The minimum Gasteiger partial charge on any atom is -0.493 e. The van der Waals surface area contributed by atoms with Crippen molar-refractivity contribution >= 4 is 16.0 Å². The van der Waals surface area contributed by atoms with Crippen LogP contribution in [0.2, 0.25) is 0 Å². The Morgan fingerprint density at radius 1 is 1.08 bits per heavy atom. The van der Waals surface area contributed by atoms with Crippen LogP contribution in [0.15, 0.2) is 23.1 Å². The van der Waals surface area contributed by atoms with Gasteiger partial charge in [-0.3, -0.25) is 4.79 Å². The molecule has 1 aliphatic heterocycles. The molecule has 2 aliphatic rings. The Labute approximate surface area is 154 Å². The van der Waals surface area contributed by atoms with E-state index in [4.69, 9.17) is 14.2 Å². The van der Waals surface area contributed by atoms with Crippen molar-refractivity contribution in [1.29, 1.82) is 0 Å². The zero-order chi connectivity index (χ0) is 18.9. The molecule has 1 aliphatic carbocycles. The lowest BCUT2D eigenvalue weighted by atomic mass is 9.85. The summed E-state index contributed by atoms with van der Waals surface area (Å²) in [6, 6.07) is 3.56. The normalized spacial score (nSPS) is 26.2. The monoisotopic (exact) mass is 383 g/mol. The number of ether oxygens (including phenoxy) is 3. The van der Waals surface area contributed by atoms with Crippen molar-refractivity contribution in [1.82, 2.24) is 4.31 Å². The fraction of sp³-hybridized carbons (Fsp3) is 0.611. The van der Waals surface area contributed by atoms with Gasteiger partial charge in [0.25, 0.3) is 0 Å². The van der Waals surface area contributed by atoms with E-state index < -0.39 is 22.0 Å². The second kappa shape index (κ2) is 7.44. The first-order chi connectivity index (χ1) is 12.4. The van der Waals surface area contributed by atoms with E-state index in [1.54, 1.807) is 6.07 Å². The maximum Gasteiger partial charge on any atom is 0.324 e. The number of esters is 1. The maximum absolute atomic E-state index is 13.4. The van der Waals surface area contributed by atoms with Gasteiger partial charge in [0, 0.05) is 12.1 Å². The van der Waals surface area contributed by atoms with E-state index in [-0.39, 0.29) is 16.9 Å². The molecule has 0 N–H and O–H groups in total. The van der Waals surface area contributed by atoms with Crippen molar-refractivity contribution in [2.45, 2.75) is 49.1 Å². The second-order valence-corrected chi connectivity index (χ2v) is 8.58. The van der Waals surface area contributed by atoms with Crippen LogP contribution in [0.3, 0.4) is 0 Å². The highest BCUT2D eigenvalue weighted by molar-refractivity contribution is 7.89. The third-order valence-electron chi connectivity index (χ3n) is 5.43. The van der Waals surface area contributed by atoms with Crippen LogP contribution >= 0.6 is 0 Å². The molecular formula is C18H25NO6S. The molecule has 1 heterocycles. The van der Waals surface area contributed by atoms with Crippen LogP contribution in [0.1, 0.15) is 32.1 Å². The van der Waals surface area contributed by atoms with E-state index in [2.05, 4.69) is 0 Å². The van der Waals surface area contributed by atoms with Crippen molar-refractivity contribution in [2.24, 2.45) is 5.92 Å². The van der Waals surface area contributed by atoms with Crippen LogP contribution in [0, 0.1) is 5.92 Å². The van der Waals surface area contributed by atoms with Gasteiger partial charge >= 0.3 is 5.97 Å². The first-order valence-electron chi connectivity index (χ1n) is 8.77. The molecule has 0 radical (unpaired) electrons. The predicted octanol–water partition coefficient (Wildman–Crippen LogP) is 2.20. The summed E-state index contributed by atoms with van der Waals surface area (Å²) in [4.78, 5) is 12.4. The van der Waals surface area contributed by atoms with Crippen molar-refractivity contribution in [2.75, 3.05) is 21.3 Å². The topological polar surface area (TPSA) is 82.1 Å². The molecule has 0 unspecified atom stereocenters. The van der Waals surface area contributed by atoms with Gasteiger partial charge in [0.1, 0.15) is 6.04 Å². The van der Waals surface area contributed by atoms with Crippen molar-refractivity contribution in [3.8, 4) is 11.5 Å². The maximum atomic E-state index is 13.4. The molecule has 0 bridgehead atoms. The quantitative estimate of drug-likeness (QED) is 0.725. The van der Waals surface area contributed by atoms with Gasteiger partial charge < -0.3 is 14.2 Å². The number of hydrogen-bond acceptors (Lipinski definition) is 6. The third-order valence-corrected chi connectivity index (χ3v) is 7.36. The molecule has 7 nitrogen and oxygen atoms in total. The zero-order valence-electron chi connectivity index (χ0n) is 15.3. The van der Waals surface area contributed by atoms with E-state index in [1.165, 1.54) is 37.8 Å². The predicted molar refractivity (Wildman–Crippen MR) is 94.7 cm³/mol. The summed E-state index contributed by atoms with van der Waals surface area (Å²) < 4.78 is 43.5. The highest BCUT2D eigenvalue weighted by Crippen LogP contribution is 2.43. The van der Waals surface area contributed by atoms with Crippen LogP contribution in [0.5, 0.6) is 11.5 Å². The van der Waals surface area contributed by atoms with Gasteiger partial charge in [-0.25, -0.2) is 8.42 Å². The third kappa shape index (κ3) is 3.16. The van der Waals surface area contributed by atoms with E-state index >= 15 is 0 Å². The van der Waals surface area contributed by atoms with Gasteiger partial charge in [-0.05, 0) is 37.3 Å². The molecule has 0 spiro atoms. The summed E-state index contributed by atoms with van der Waals surface area (Å²) in [5, 5.41) is 0. The first kappa shape index (κ1) is 19.0. The van der Waals surface area contributed by atoms with E-state index in [9.17, 15) is 13.2 Å². The van der Waals surface area contributed by atoms with Gasteiger partial charge in [0.15, 0.2) is 11.5 Å². The number of nitrogens with zero attached hydrogens (tertiary/aromatic N) is 1. The minimum absolute atomic E-state index is 0.0928. The molecule has 1 aromatic rings. The SMILES string of the molecule is COC(=O)[C@@H]1C[C@@H]2CCCC[C@H]2N1S(=O)(=O)c1ccc(OC)c(OC)c1. The molecule has 8 heteroatoms. The smallest absolute Gasteiger partial charge is 0.324 e. The summed E-state index contributed by atoms with van der Waals surface area (Å²) in [7, 11) is 0.372. The number of carbonyl (C=O) groups excluding carboxylic acids is 1. The summed E-state index contributed by atoms with van der Waals surface area (Å²) in [5.41, 5.74) is 0. The Balaban J connectivity index is 2.03. The molecule has 3 rings (SSSR count). The number of methoxy groups -OCH3 is 3. The van der Waals surface area contributed by atoms with E-state index in [0.29, 0.717) is 17.9 Å². The zero-order valence-corrected chi connectivity index (χ0v) is 16.1. The van der Waals surface area contributed by atoms with Gasteiger partial charge in [0.2, 0.25) is 10.0 Å². The Bertz CT molecular complexity index is 778. The van der Waals surface area contributed by atoms with Crippen molar-refractivity contribution in [3.63, 3.8) is 0 Å². The number of hydrogen-bond donors (Lipinski definition) is 0. The molecule has 3 atom stereocenters. The van der Waals surface area contributed by atoms with Crippen molar-refractivity contribution < 1.29 is 27.4 Å². The number of carbonyl (C=O) groups is 1. The molecule has 1 aromatic carbocycles. The molecule has 26 heavy (non-hydrogen) atoms. The fourth-order valence-corrected chi connectivity index (χ4v) is 6.08. The molecule has 2 fully saturated rings. The fourth-order valence-electron chi connectivity index (χ4n) is 4.20. The summed E-state index contributed by atoms with van der Waals surface area (Å²) in [6.07, 6.45) is 4.26. The Hall–Kier alpha value is -1.80. The lowest BCUT2D eigenvalue weighted by Crippen LogP contribution is -2.46. The van der Waals surface area contributed by atoms with Crippen molar-refractivity contribution in [3.05, 3.63) is 18.2 Å². The number of fused-ring (bicyclic) bond motifs is 1. The van der Waals surface area contributed by atoms with Crippen LogP contribution in [-0.4, -0.2) is 52.1 Å². The molecule has 1 saturated heterocycles. The molecule has 0 aromatic heterocycles. The van der Waals surface area contributed by atoms with Gasteiger partial charge in [-0.15, -0.1) is 0 Å². The van der Waals surface area contributed by atoms with Gasteiger partial charge in [0.05, 0.1) is 26.2 Å². The molecular weight excluding hydrogens is 358 g/mol. The standard InChI is InChI=1S/C18H25NO6S/c1-23-16-9-8-13(11-17(16)24-2)26(21,22)19-14-7-5-4-6-12(14)10-15(19)18(20)25-3/h8-9,11-12,14-15H,4-7,10H2,1-3H3/t12-,14+,15-/m0/s1. The number of rotatable bonds is 5. The van der Waals surface area contributed by atoms with E-state index in [1.807, 2.05) is 0 Å². The first-order valence-corrected chi connectivity index (χ1v) is 10.2. The minimum atomic E-state index is -3.87. The van der Waals surface area contributed by atoms with E-state index in [0.717, 1.165) is 25.7 Å². The Morgan fingerprint density at radius 2 is 1.77 bits per heavy atom. The average molecular weight is 383 g/mol. The molecule has 1 saturated carbocycles. The lowest BCUT2D eigenvalue weighted by molar-refractivity contribution is -0.144. The van der Waals surface area contributed by atoms with Crippen LogP contribution in [0.25, 0.3) is 0 Å². The van der Waals surface area contributed by atoms with Crippen LogP contribution in [-0.2, 0) is 19.6 Å². The summed E-state index contributed by atoms with van der Waals surface area (Å²) >= 11 is 0. The Morgan fingerprint density at radius 3 is 2.42 bits per heavy atom. The van der Waals surface area contributed by atoms with Crippen LogP contribution in [0.4, 0.5) is 0 Å². The van der Waals surface area contributed by atoms with Crippen LogP contribution < -0.4 is 9.47 Å². The average Bonchev–Trinajstić information content (AvgIpc) is 3.07. The summed E-state index contributed by atoms with van der Waals surface area (Å²) in [6.45, 7) is 0. The molecule has 0 amide bonds. The molecule has 144 valence electrons. The Kier molecular flexibility index (Phi) is 5.43. The van der Waals surface area contributed by atoms with Gasteiger partial charge in [-0.2, -0.15) is 4.31 Å². The van der Waals surface area contributed by atoms with Gasteiger partial charge in [-0.1, -0.05) is 12.8 Å². The highest BCUT2D eigenvalue weighted by atomic mass is 32.2. The lowest BCUT2D eigenvalue weighted by Gasteiger charge is -2.32. The number of benzene rings is 1.